The average Bonchev–Trinajstić information content (AvgIpc) is 3.11. The summed E-state index contributed by atoms with van der Waals surface area (Å²) in [6.45, 7) is 5.10. The minimum Gasteiger partial charge on any atom is -0.307 e. The van der Waals surface area contributed by atoms with Crippen LogP contribution in [-0.4, -0.2) is 13.2 Å². The Bertz CT molecular complexity index is 723. The van der Waals surface area contributed by atoms with Crippen molar-refractivity contribution in [2.75, 3.05) is 13.2 Å². The molecule has 0 unspecified atom stereocenters. The fourth-order valence-electron chi connectivity index (χ4n) is 3.55. The van der Waals surface area contributed by atoms with E-state index in [0.29, 0.717) is 19.8 Å². The molecule has 0 aliphatic heterocycles. The van der Waals surface area contributed by atoms with Gasteiger partial charge in [0.25, 0.3) is 0 Å². The molecule has 0 saturated heterocycles. The molecule has 2 aromatic rings. The first-order valence-corrected chi connectivity index (χ1v) is 11.3. The fraction of sp³-hybridized carbons (Fsp3) is 0.474. The van der Waals surface area contributed by atoms with Gasteiger partial charge < -0.3 is 9.05 Å². The summed E-state index contributed by atoms with van der Waals surface area (Å²) in [5.41, 5.74) is 2.24. The first-order valence-electron chi connectivity index (χ1n) is 8.90. The Balaban J connectivity index is 2.02. The van der Waals surface area contributed by atoms with E-state index in [1.807, 2.05) is 32.0 Å². The van der Waals surface area contributed by atoms with Gasteiger partial charge in [0.05, 0.1) is 13.2 Å². The predicted octanol–water partition coefficient (Wildman–Crippen LogP) is 5.29. The van der Waals surface area contributed by atoms with E-state index in [2.05, 4.69) is 28.9 Å². The van der Waals surface area contributed by atoms with Crippen LogP contribution in [-0.2, 0) is 31.9 Å². The molecule has 0 bridgehead atoms. The van der Waals surface area contributed by atoms with Crippen LogP contribution < -0.4 is 5.32 Å². The molecule has 25 heavy (non-hydrogen) atoms. The summed E-state index contributed by atoms with van der Waals surface area (Å²) < 4.78 is 25.5. The van der Waals surface area contributed by atoms with Crippen molar-refractivity contribution < 1.29 is 13.6 Å². The van der Waals surface area contributed by atoms with Crippen LogP contribution in [0.5, 0.6) is 0 Å². The molecule has 0 fully saturated rings. The Morgan fingerprint density at radius 2 is 1.88 bits per heavy atom. The molecule has 1 aromatic carbocycles. The van der Waals surface area contributed by atoms with Crippen LogP contribution in [0.15, 0.2) is 41.8 Å². The summed E-state index contributed by atoms with van der Waals surface area (Å²) in [4.78, 5) is 1.28. The number of nitrogens with one attached hydrogen (secondary N) is 1. The smallest absolute Gasteiger partial charge is 0.307 e. The molecular weight excluding hydrogens is 353 g/mol. The number of fused-ring (bicyclic) bond motifs is 1. The van der Waals surface area contributed by atoms with Crippen molar-refractivity contribution in [3.05, 3.63) is 57.8 Å². The van der Waals surface area contributed by atoms with E-state index in [1.165, 1.54) is 4.88 Å². The number of thiophene rings is 1. The van der Waals surface area contributed by atoms with Crippen LogP contribution in [0.4, 0.5) is 0 Å². The lowest BCUT2D eigenvalue weighted by molar-refractivity contribution is 0.177. The highest BCUT2D eigenvalue weighted by molar-refractivity contribution is 7.55. The van der Waals surface area contributed by atoms with E-state index in [9.17, 15) is 4.57 Å². The zero-order valence-electron chi connectivity index (χ0n) is 14.9. The second-order valence-electron chi connectivity index (χ2n) is 6.14. The quantitative estimate of drug-likeness (QED) is 0.633. The first kappa shape index (κ1) is 18.8. The second-order valence-corrected chi connectivity index (χ2v) is 9.42. The van der Waals surface area contributed by atoms with Crippen molar-refractivity contribution in [1.29, 1.82) is 0 Å². The first-order chi connectivity index (χ1) is 12.1. The Morgan fingerprint density at radius 1 is 1.16 bits per heavy atom. The SMILES string of the molecule is CCOP(=O)(OCC)[C@@]1(NCc2ccccc2)CCCc2sccc21. The van der Waals surface area contributed by atoms with Gasteiger partial charge in [0.15, 0.2) is 0 Å². The Labute approximate surface area is 154 Å². The maximum atomic E-state index is 13.9. The lowest BCUT2D eigenvalue weighted by atomic mass is 9.93. The summed E-state index contributed by atoms with van der Waals surface area (Å²) in [6, 6.07) is 12.3. The molecule has 1 aliphatic carbocycles. The molecule has 0 spiro atoms. The number of hydrogen-bond donors (Lipinski definition) is 1. The zero-order chi connectivity index (χ0) is 17.8. The highest BCUT2D eigenvalue weighted by Gasteiger charge is 2.54. The summed E-state index contributed by atoms with van der Waals surface area (Å²) in [5.74, 6) is 0. The van der Waals surface area contributed by atoms with E-state index < -0.39 is 12.9 Å². The number of hydrogen-bond acceptors (Lipinski definition) is 5. The van der Waals surface area contributed by atoms with Gasteiger partial charge in [0, 0.05) is 11.4 Å². The van der Waals surface area contributed by atoms with Crippen LogP contribution in [0.1, 0.15) is 42.7 Å². The van der Waals surface area contributed by atoms with Gasteiger partial charge in [-0.1, -0.05) is 30.3 Å². The molecule has 0 amide bonds. The van der Waals surface area contributed by atoms with Gasteiger partial charge in [-0.15, -0.1) is 11.3 Å². The highest BCUT2D eigenvalue weighted by atomic mass is 32.1. The van der Waals surface area contributed by atoms with E-state index in [-0.39, 0.29) is 0 Å². The number of benzene rings is 1. The van der Waals surface area contributed by atoms with E-state index in [0.717, 1.165) is 30.4 Å². The molecule has 1 aliphatic rings. The lowest BCUT2D eigenvalue weighted by Crippen LogP contribution is -2.45. The summed E-state index contributed by atoms with van der Waals surface area (Å²) in [5, 5.41) is 4.90. The molecule has 0 saturated carbocycles. The molecule has 1 N–H and O–H groups in total. The molecule has 4 nitrogen and oxygen atoms in total. The van der Waals surface area contributed by atoms with Gasteiger partial charge >= 0.3 is 7.60 Å². The zero-order valence-corrected chi connectivity index (χ0v) is 16.6. The van der Waals surface area contributed by atoms with Crippen LogP contribution in [0, 0.1) is 0 Å². The van der Waals surface area contributed by atoms with Crippen molar-refractivity contribution in [1.82, 2.24) is 5.32 Å². The minimum absolute atomic E-state index is 0.367. The highest BCUT2D eigenvalue weighted by Crippen LogP contribution is 2.67. The number of aryl methyl sites for hydroxylation is 1. The standard InChI is InChI=1S/C19H26NO3PS/c1-3-22-24(21,23-4-2)19(20-15-16-9-6-5-7-10-16)13-8-11-18-17(19)12-14-25-18/h5-7,9-10,12,14,20H,3-4,8,11,13,15H2,1-2H3/t19-/m0/s1. The van der Waals surface area contributed by atoms with Crippen molar-refractivity contribution in [3.8, 4) is 0 Å². The van der Waals surface area contributed by atoms with E-state index in [4.69, 9.17) is 9.05 Å². The Morgan fingerprint density at radius 3 is 2.56 bits per heavy atom. The molecular formula is C19H26NO3PS. The molecule has 1 aromatic heterocycles. The Kier molecular flexibility index (Phi) is 6.13. The topological polar surface area (TPSA) is 47.6 Å². The monoisotopic (exact) mass is 379 g/mol. The van der Waals surface area contributed by atoms with Crippen molar-refractivity contribution in [2.24, 2.45) is 0 Å². The molecule has 1 heterocycles. The largest absolute Gasteiger partial charge is 0.355 e. The van der Waals surface area contributed by atoms with Gasteiger partial charge in [-0.2, -0.15) is 0 Å². The van der Waals surface area contributed by atoms with Gasteiger partial charge in [-0.05, 0) is 55.7 Å². The maximum absolute atomic E-state index is 13.9. The van der Waals surface area contributed by atoms with Gasteiger partial charge in [-0.25, -0.2) is 0 Å². The molecule has 1 atom stereocenters. The molecule has 0 radical (unpaired) electrons. The summed E-state index contributed by atoms with van der Waals surface area (Å²) >= 11 is 1.73. The van der Waals surface area contributed by atoms with Crippen LogP contribution in [0.3, 0.4) is 0 Å². The predicted molar refractivity (Wildman–Crippen MR) is 103 cm³/mol. The van der Waals surface area contributed by atoms with Crippen molar-refractivity contribution >= 4 is 18.9 Å². The minimum atomic E-state index is -3.37. The van der Waals surface area contributed by atoms with Crippen molar-refractivity contribution in [3.63, 3.8) is 0 Å². The third-order valence-electron chi connectivity index (χ3n) is 4.63. The van der Waals surface area contributed by atoms with Crippen LogP contribution in [0.2, 0.25) is 0 Å². The second kappa shape index (κ2) is 8.15. The summed E-state index contributed by atoms with van der Waals surface area (Å²) in [7, 11) is -3.37. The van der Waals surface area contributed by atoms with E-state index >= 15 is 0 Å². The molecule has 136 valence electrons. The molecule has 3 rings (SSSR count). The van der Waals surface area contributed by atoms with Crippen LogP contribution >= 0.6 is 18.9 Å². The van der Waals surface area contributed by atoms with Crippen molar-refractivity contribution in [2.45, 2.75) is 44.9 Å². The van der Waals surface area contributed by atoms with Gasteiger partial charge in [0.2, 0.25) is 0 Å². The molecule has 6 heteroatoms. The third-order valence-corrected chi connectivity index (χ3v) is 8.36. The van der Waals surface area contributed by atoms with E-state index in [1.54, 1.807) is 11.3 Å². The van der Waals surface area contributed by atoms with Crippen LogP contribution in [0.25, 0.3) is 0 Å². The third kappa shape index (κ3) is 3.62. The normalized spacial score (nSPS) is 20.4. The van der Waals surface area contributed by atoms with Gasteiger partial charge in [0.1, 0.15) is 5.28 Å². The fourth-order valence-corrected chi connectivity index (χ4v) is 7.03. The number of rotatable bonds is 8. The summed E-state index contributed by atoms with van der Waals surface area (Å²) in [6.07, 6.45) is 2.75. The lowest BCUT2D eigenvalue weighted by Gasteiger charge is -2.42. The van der Waals surface area contributed by atoms with Gasteiger partial charge in [-0.3, -0.25) is 9.88 Å². The Hall–Kier alpha value is -0.970. The maximum Gasteiger partial charge on any atom is 0.355 e. The average molecular weight is 379 g/mol.